The summed E-state index contributed by atoms with van der Waals surface area (Å²) in [6, 6.07) is 0. The number of hydrogen-bond acceptors (Lipinski definition) is 6. The maximum atomic E-state index is 11.9. The van der Waals surface area contributed by atoms with Gasteiger partial charge in [0, 0.05) is 17.1 Å². The van der Waals surface area contributed by atoms with Crippen LogP contribution in [0.25, 0.3) is 0 Å². The van der Waals surface area contributed by atoms with Crippen molar-refractivity contribution >= 4 is 29.6 Å². The van der Waals surface area contributed by atoms with Gasteiger partial charge < -0.3 is 14.8 Å². The Morgan fingerprint density at radius 1 is 0.967 bits per heavy atom. The number of carbonyl (C=O) groups excluding carboxylic acids is 3. The van der Waals surface area contributed by atoms with Crippen molar-refractivity contribution in [3.05, 3.63) is 12.2 Å². The standard InChI is InChI=1S/C17H29NO5S.6CH4/c1-6-7-8-23-16(21)17(4,5)12-24-10-9-22-14(19)11-18-15(20)13(2)3;;;;;;/h2,6-12H2,1,3-5H3,(H,18,20);6*1H4. The summed E-state index contributed by atoms with van der Waals surface area (Å²) in [7, 11) is 0. The molecule has 0 bridgehead atoms. The van der Waals surface area contributed by atoms with Crippen LogP contribution >= 0.6 is 11.8 Å². The number of thioether (sulfide) groups is 1. The third kappa shape index (κ3) is 22.8. The van der Waals surface area contributed by atoms with E-state index in [4.69, 9.17) is 9.47 Å². The van der Waals surface area contributed by atoms with E-state index in [0.717, 1.165) is 12.8 Å². The van der Waals surface area contributed by atoms with E-state index < -0.39 is 11.4 Å². The summed E-state index contributed by atoms with van der Waals surface area (Å²) >= 11 is 1.52. The second-order valence-corrected chi connectivity index (χ2v) is 7.21. The average molecular weight is 456 g/mol. The van der Waals surface area contributed by atoms with Crippen LogP contribution in [0.15, 0.2) is 12.2 Å². The molecule has 6 nitrogen and oxygen atoms in total. The van der Waals surface area contributed by atoms with E-state index in [9.17, 15) is 14.4 Å². The Hall–Kier alpha value is -1.50. The fourth-order valence-electron chi connectivity index (χ4n) is 1.46. The summed E-state index contributed by atoms with van der Waals surface area (Å²) in [6.45, 7) is 11.3. The Morgan fingerprint density at radius 2 is 1.50 bits per heavy atom. The second kappa shape index (κ2) is 25.5. The summed E-state index contributed by atoms with van der Waals surface area (Å²) in [5, 5.41) is 2.41. The van der Waals surface area contributed by atoms with Gasteiger partial charge in [-0.2, -0.15) is 11.8 Å². The van der Waals surface area contributed by atoms with Gasteiger partial charge in [-0.15, -0.1) is 0 Å². The van der Waals surface area contributed by atoms with Gasteiger partial charge in [-0.1, -0.05) is 64.5 Å². The number of hydrogen-bond donors (Lipinski definition) is 1. The third-order valence-electron chi connectivity index (χ3n) is 3.02. The van der Waals surface area contributed by atoms with Crippen LogP contribution in [0.2, 0.25) is 0 Å². The molecule has 0 aliphatic heterocycles. The lowest BCUT2D eigenvalue weighted by molar-refractivity contribution is -0.152. The molecular weight excluding hydrogens is 402 g/mol. The maximum Gasteiger partial charge on any atom is 0.325 e. The van der Waals surface area contributed by atoms with E-state index in [1.165, 1.54) is 11.8 Å². The minimum absolute atomic E-state index is 0. The van der Waals surface area contributed by atoms with Gasteiger partial charge in [-0.25, -0.2) is 0 Å². The van der Waals surface area contributed by atoms with E-state index in [1.807, 2.05) is 20.8 Å². The Bertz CT molecular complexity index is 451. The summed E-state index contributed by atoms with van der Waals surface area (Å²) in [5.41, 5.74) is -0.232. The summed E-state index contributed by atoms with van der Waals surface area (Å²) < 4.78 is 10.2. The molecule has 0 fully saturated rings. The first kappa shape index (κ1) is 46.6. The Kier molecular flexibility index (Phi) is 39.7. The van der Waals surface area contributed by atoms with E-state index in [0.29, 0.717) is 23.7 Å². The van der Waals surface area contributed by atoms with Gasteiger partial charge in [0.15, 0.2) is 0 Å². The quantitative estimate of drug-likeness (QED) is 0.216. The number of ether oxygens (including phenoxy) is 2. The van der Waals surface area contributed by atoms with E-state index in [2.05, 4.69) is 11.9 Å². The van der Waals surface area contributed by atoms with Crippen molar-refractivity contribution in [2.75, 3.05) is 31.3 Å². The molecule has 0 aliphatic carbocycles. The molecule has 0 heterocycles. The molecule has 0 unspecified atom stereocenters. The summed E-state index contributed by atoms with van der Waals surface area (Å²) in [6.07, 6.45) is 1.85. The molecule has 0 atom stereocenters. The van der Waals surface area contributed by atoms with Crippen LogP contribution in [0.3, 0.4) is 0 Å². The third-order valence-corrected chi connectivity index (χ3v) is 4.40. The molecule has 1 amide bonds. The smallest absolute Gasteiger partial charge is 0.325 e. The number of unbranched alkanes of at least 4 members (excludes halogenated alkanes) is 1. The fourth-order valence-corrected chi connectivity index (χ4v) is 2.43. The van der Waals surface area contributed by atoms with Crippen LogP contribution in [0.4, 0.5) is 0 Å². The van der Waals surface area contributed by atoms with Crippen LogP contribution in [0.1, 0.15) is 85.1 Å². The Morgan fingerprint density at radius 3 is 1.97 bits per heavy atom. The first-order chi connectivity index (χ1) is 11.2. The topological polar surface area (TPSA) is 81.7 Å². The van der Waals surface area contributed by atoms with Gasteiger partial charge in [0.25, 0.3) is 0 Å². The zero-order chi connectivity index (χ0) is 18.6. The predicted molar refractivity (Wildman–Crippen MR) is 136 cm³/mol. The second-order valence-electron chi connectivity index (χ2n) is 6.11. The first-order valence-corrected chi connectivity index (χ1v) is 9.20. The van der Waals surface area contributed by atoms with Crippen molar-refractivity contribution in [1.82, 2.24) is 5.32 Å². The number of rotatable bonds is 12. The maximum absolute atomic E-state index is 11.9. The van der Waals surface area contributed by atoms with Crippen molar-refractivity contribution in [1.29, 1.82) is 0 Å². The van der Waals surface area contributed by atoms with Gasteiger partial charge in [0.05, 0.1) is 12.0 Å². The molecule has 186 valence electrons. The Balaban J connectivity index is -0.000000176. The van der Waals surface area contributed by atoms with Crippen LogP contribution in [-0.2, 0) is 23.9 Å². The van der Waals surface area contributed by atoms with Crippen molar-refractivity contribution in [2.45, 2.75) is 85.1 Å². The highest BCUT2D eigenvalue weighted by molar-refractivity contribution is 7.99. The zero-order valence-electron chi connectivity index (χ0n) is 15.1. The normalized spacial score (nSPS) is 8.67. The van der Waals surface area contributed by atoms with E-state index in [-0.39, 0.29) is 69.6 Å². The van der Waals surface area contributed by atoms with E-state index >= 15 is 0 Å². The molecule has 1 N–H and O–H groups in total. The molecule has 30 heavy (non-hydrogen) atoms. The van der Waals surface area contributed by atoms with Crippen molar-refractivity contribution < 1.29 is 23.9 Å². The fraction of sp³-hybridized carbons (Fsp3) is 0.783. The summed E-state index contributed by atoms with van der Waals surface area (Å²) in [5.74, 6) is 0.0874. The molecule has 0 aromatic heterocycles. The van der Waals surface area contributed by atoms with Crippen molar-refractivity contribution in [3.63, 3.8) is 0 Å². The number of amides is 1. The van der Waals surface area contributed by atoms with Crippen molar-refractivity contribution in [3.8, 4) is 0 Å². The van der Waals surface area contributed by atoms with Gasteiger partial charge in [-0.3, -0.25) is 14.4 Å². The van der Waals surface area contributed by atoms with Gasteiger partial charge >= 0.3 is 11.9 Å². The minimum Gasteiger partial charge on any atom is -0.465 e. The van der Waals surface area contributed by atoms with Crippen LogP contribution in [-0.4, -0.2) is 49.1 Å². The number of nitrogens with one attached hydrogen (secondary N) is 1. The van der Waals surface area contributed by atoms with E-state index in [1.54, 1.807) is 6.92 Å². The van der Waals surface area contributed by atoms with Gasteiger partial charge in [0.1, 0.15) is 13.2 Å². The average Bonchev–Trinajstić information content (AvgIpc) is 2.52. The molecule has 0 aromatic carbocycles. The lowest BCUT2D eigenvalue weighted by Crippen LogP contribution is -2.31. The lowest BCUT2D eigenvalue weighted by atomic mass is 9.97. The molecule has 0 saturated carbocycles. The molecule has 0 aliphatic rings. The van der Waals surface area contributed by atoms with Gasteiger partial charge in [0.2, 0.25) is 5.91 Å². The highest BCUT2D eigenvalue weighted by Gasteiger charge is 2.29. The van der Waals surface area contributed by atoms with Crippen LogP contribution < -0.4 is 5.32 Å². The minimum atomic E-state index is -0.572. The molecule has 7 heteroatoms. The molecule has 0 spiro atoms. The Labute approximate surface area is 192 Å². The molecule has 0 saturated heterocycles. The largest absolute Gasteiger partial charge is 0.465 e. The molecule has 0 aromatic rings. The first-order valence-electron chi connectivity index (χ1n) is 8.05. The predicted octanol–water partition coefficient (Wildman–Crippen LogP) is 6.14. The SMILES string of the molecule is C.C.C.C.C.C.C=C(C)C(=O)NCC(=O)OCCSCC(C)(C)C(=O)OCCCC. The van der Waals surface area contributed by atoms with Crippen molar-refractivity contribution in [2.24, 2.45) is 5.41 Å². The number of esters is 2. The molecule has 0 radical (unpaired) electrons. The highest BCUT2D eigenvalue weighted by atomic mass is 32.2. The molecule has 0 rings (SSSR count). The van der Waals surface area contributed by atoms with Crippen LogP contribution in [0.5, 0.6) is 0 Å². The molecular formula is C23H53NO5S. The number of carbonyl (C=O) groups is 3. The highest BCUT2D eigenvalue weighted by Crippen LogP contribution is 2.23. The monoisotopic (exact) mass is 455 g/mol. The van der Waals surface area contributed by atoms with Gasteiger partial charge in [-0.05, 0) is 27.2 Å². The summed E-state index contributed by atoms with van der Waals surface area (Å²) in [4.78, 5) is 34.6. The zero-order valence-corrected chi connectivity index (χ0v) is 15.9. The lowest BCUT2D eigenvalue weighted by Gasteiger charge is -2.22. The van der Waals surface area contributed by atoms with Crippen LogP contribution in [0, 0.1) is 5.41 Å².